The highest BCUT2D eigenvalue weighted by Crippen LogP contribution is 2.40. The molecule has 1 amide bonds. The summed E-state index contributed by atoms with van der Waals surface area (Å²) < 4.78 is 5.48. The summed E-state index contributed by atoms with van der Waals surface area (Å²) in [5.74, 6) is 0.597. The monoisotopic (exact) mass is 220 g/mol. The Morgan fingerprint density at radius 1 is 1.38 bits per heavy atom. The molecule has 0 aromatic heterocycles. The fourth-order valence-corrected chi connectivity index (χ4v) is 1.78. The lowest BCUT2D eigenvalue weighted by Gasteiger charge is -2.27. The molecule has 0 fully saturated rings. The minimum absolute atomic E-state index is 0.0679. The third-order valence-electron chi connectivity index (χ3n) is 2.54. The van der Waals surface area contributed by atoms with Crippen molar-refractivity contribution in [2.45, 2.75) is 26.2 Å². The maximum absolute atomic E-state index is 11.2. The molecule has 0 saturated carbocycles. The van der Waals surface area contributed by atoms with Gasteiger partial charge in [-0.25, -0.2) is 0 Å². The van der Waals surface area contributed by atoms with Gasteiger partial charge in [-0.05, 0) is 17.5 Å². The summed E-state index contributed by atoms with van der Waals surface area (Å²) in [7, 11) is 0. The smallest absolute Gasteiger partial charge is 0.262 e. The quantitative estimate of drug-likeness (QED) is 0.656. The van der Waals surface area contributed by atoms with Gasteiger partial charge in [0.15, 0.2) is 6.61 Å². The number of benzene rings is 1. The zero-order valence-electron chi connectivity index (χ0n) is 9.76. The summed E-state index contributed by atoms with van der Waals surface area (Å²) in [6, 6.07) is 3.62. The molecule has 0 spiro atoms. The van der Waals surface area contributed by atoms with E-state index in [2.05, 4.69) is 26.1 Å². The summed E-state index contributed by atoms with van der Waals surface area (Å²) >= 11 is 0. The van der Waals surface area contributed by atoms with E-state index in [0.717, 1.165) is 11.3 Å². The highest BCUT2D eigenvalue weighted by Gasteiger charge is 2.26. The predicted molar refractivity (Wildman–Crippen MR) is 63.7 cm³/mol. The summed E-state index contributed by atoms with van der Waals surface area (Å²) in [5, 5.41) is 2.77. The van der Waals surface area contributed by atoms with E-state index in [4.69, 9.17) is 10.5 Å². The first-order valence-electron chi connectivity index (χ1n) is 5.24. The molecule has 3 N–H and O–H groups in total. The van der Waals surface area contributed by atoms with E-state index in [1.807, 2.05) is 6.07 Å². The van der Waals surface area contributed by atoms with E-state index in [1.54, 1.807) is 6.07 Å². The molecule has 1 aromatic rings. The Balaban J connectivity index is 2.59. The van der Waals surface area contributed by atoms with Gasteiger partial charge in [-0.1, -0.05) is 20.8 Å². The number of nitrogens with one attached hydrogen (secondary N) is 1. The van der Waals surface area contributed by atoms with Gasteiger partial charge in [-0.15, -0.1) is 0 Å². The highest BCUT2D eigenvalue weighted by molar-refractivity contribution is 5.96. The first kappa shape index (κ1) is 10.8. The molecule has 2 rings (SSSR count). The fraction of sp³-hybridized carbons (Fsp3) is 0.417. The van der Waals surface area contributed by atoms with Gasteiger partial charge in [0, 0.05) is 11.3 Å². The van der Waals surface area contributed by atoms with Crippen molar-refractivity contribution in [2.75, 3.05) is 17.7 Å². The van der Waals surface area contributed by atoms with Crippen molar-refractivity contribution >= 4 is 17.3 Å². The van der Waals surface area contributed by atoms with Crippen LogP contribution in [0.5, 0.6) is 5.75 Å². The summed E-state index contributed by atoms with van der Waals surface area (Å²) in [5.41, 5.74) is 8.07. The highest BCUT2D eigenvalue weighted by atomic mass is 16.5. The van der Waals surface area contributed by atoms with E-state index >= 15 is 0 Å². The zero-order valence-corrected chi connectivity index (χ0v) is 9.76. The van der Waals surface area contributed by atoms with Crippen molar-refractivity contribution in [2.24, 2.45) is 0 Å². The van der Waals surface area contributed by atoms with Crippen LogP contribution in [0.1, 0.15) is 26.3 Å². The van der Waals surface area contributed by atoms with Crippen LogP contribution < -0.4 is 15.8 Å². The zero-order chi connectivity index (χ0) is 11.9. The van der Waals surface area contributed by atoms with Crippen LogP contribution in [0.4, 0.5) is 11.4 Å². The van der Waals surface area contributed by atoms with Crippen LogP contribution in [0, 0.1) is 0 Å². The van der Waals surface area contributed by atoms with Gasteiger partial charge in [0.2, 0.25) is 0 Å². The van der Waals surface area contributed by atoms with Crippen LogP contribution in [-0.4, -0.2) is 12.5 Å². The average molecular weight is 220 g/mol. The van der Waals surface area contributed by atoms with Gasteiger partial charge in [0.1, 0.15) is 5.75 Å². The Bertz CT molecular complexity index is 447. The van der Waals surface area contributed by atoms with Gasteiger partial charge < -0.3 is 15.8 Å². The van der Waals surface area contributed by atoms with Crippen LogP contribution in [0.25, 0.3) is 0 Å². The first-order chi connectivity index (χ1) is 7.38. The number of carbonyl (C=O) groups is 1. The number of hydrogen-bond acceptors (Lipinski definition) is 3. The normalized spacial score (nSPS) is 15.1. The van der Waals surface area contributed by atoms with Gasteiger partial charge in [-0.3, -0.25) is 4.79 Å². The molecule has 0 aliphatic carbocycles. The third-order valence-corrected chi connectivity index (χ3v) is 2.54. The van der Waals surface area contributed by atoms with Gasteiger partial charge >= 0.3 is 0 Å². The average Bonchev–Trinajstić information content (AvgIpc) is 2.14. The number of ether oxygens (including phenoxy) is 1. The minimum Gasteiger partial charge on any atom is -0.481 e. The number of amides is 1. The Morgan fingerprint density at radius 2 is 2.06 bits per heavy atom. The van der Waals surface area contributed by atoms with Gasteiger partial charge in [-0.2, -0.15) is 0 Å². The number of nitrogen functional groups attached to an aromatic ring is 1. The van der Waals surface area contributed by atoms with Crippen LogP contribution in [-0.2, 0) is 10.2 Å². The molecule has 16 heavy (non-hydrogen) atoms. The molecule has 0 saturated heterocycles. The van der Waals surface area contributed by atoms with Crippen molar-refractivity contribution in [3.05, 3.63) is 17.7 Å². The van der Waals surface area contributed by atoms with Crippen LogP contribution in [0.15, 0.2) is 12.1 Å². The van der Waals surface area contributed by atoms with Crippen LogP contribution in [0.3, 0.4) is 0 Å². The maximum atomic E-state index is 11.2. The number of hydrogen-bond donors (Lipinski definition) is 2. The number of anilines is 2. The predicted octanol–water partition coefficient (Wildman–Crippen LogP) is 1.90. The molecule has 4 nitrogen and oxygen atoms in total. The minimum atomic E-state index is -0.141. The van der Waals surface area contributed by atoms with E-state index in [0.29, 0.717) is 11.4 Å². The molecule has 86 valence electrons. The molecule has 1 aliphatic heterocycles. The lowest BCUT2D eigenvalue weighted by Crippen LogP contribution is -2.28. The topological polar surface area (TPSA) is 64.3 Å². The summed E-state index contributed by atoms with van der Waals surface area (Å²) in [6.45, 7) is 6.32. The molecular weight excluding hydrogens is 204 g/mol. The second kappa shape index (κ2) is 3.40. The lowest BCUT2D eigenvalue weighted by molar-refractivity contribution is -0.118. The van der Waals surface area contributed by atoms with Crippen LogP contribution in [0.2, 0.25) is 0 Å². The number of rotatable bonds is 0. The Hall–Kier alpha value is -1.71. The van der Waals surface area contributed by atoms with Gasteiger partial charge in [0.05, 0.1) is 5.69 Å². The van der Waals surface area contributed by atoms with Gasteiger partial charge in [0.25, 0.3) is 5.91 Å². The van der Waals surface area contributed by atoms with Crippen molar-refractivity contribution in [1.82, 2.24) is 0 Å². The summed E-state index contributed by atoms with van der Waals surface area (Å²) in [4.78, 5) is 11.2. The van der Waals surface area contributed by atoms with Crippen molar-refractivity contribution in [3.63, 3.8) is 0 Å². The molecule has 0 atom stereocenters. The second-order valence-corrected chi connectivity index (χ2v) is 5.03. The molecular formula is C12H16N2O2. The van der Waals surface area contributed by atoms with Crippen molar-refractivity contribution < 1.29 is 9.53 Å². The SMILES string of the molecule is CC(C)(C)c1cc(N)cc2c1OCC(=O)N2. The number of carbonyl (C=O) groups excluding carboxylic acids is 1. The summed E-state index contributed by atoms with van der Waals surface area (Å²) in [6.07, 6.45) is 0. The van der Waals surface area contributed by atoms with E-state index in [-0.39, 0.29) is 17.9 Å². The van der Waals surface area contributed by atoms with Crippen molar-refractivity contribution in [1.29, 1.82) is 0 Å². The Labute approximate surface area is 94.8 Å². The molecule has 4 heteroatoms. The number of fused-ring (bicyclic) bond motifs is 1. The lowest BCUT2D eigenvalue weighted by atomic mass is 9.85. The molecule has 0 radical (unpaired) electrons. The largest absolute Gasteiger partial charge is 0.481 e. The van der Waals surface area contributed by atoms with E-state index < -0.39 is 0 Å². The van der Waals surface area contributed by atoms with E-state index in [9.17, 15) is 4.79 Å². The second-order valence-electron chi connectivity index (χ2n) is 5.03. The molecule has 1 aliphatic rings. The molecule has 0 unspecified atom stereocenters. The fourth-order valence-electron chi connectivity index (χ4n) is 1.78. The van der Waals surface area contributed by atoms with E-state index in [1.165, 1.54) is 0 Å². The first-order valence-corrected chi connectivity index (χ1v) is 5.24. The standard InChI is InChI=1S/C12H16N2O2/c1-12(2,3)8-4-7(13)5-9-11(8)16-6-10(15)14-9/h4-5H,6,13H2,1-3H3,(H,14,15). The van der Waals surface area contributed by atoms with Crippen LogP contribution >= 0.6 is 0 Å². The molecule has 1 aromatic carbocycles. The third kappa shape index (κ3) is 1.83. The Kier molecular flexibility index (Phi) is 2.30. The molecule has 1 heterocycles. The number of nitrogens with two attached hydrogens (primary N) is 1. The Morgan fingerprint density at radius 3 is 2.69 bits per heavy atom. The van der Waals surface area contributed by atoms with Crippen molar-refractivity contribution in [3.8, 4) is 5.75 Å². The molecule has 0 bridgehead atoms. The maximum Gasteiger partial charge on any atom is 0.262 e.